The molecule has 0 heterocycles. The molecular weight excluding hydrogens is 316 g/mol. The van der Waals surface area contributed by atoms with Crippen molar-refractivity contribution in [3.05, 3.63) is 71.3 Å². The molecule has 25 heavy (non-hydrogen) atoms. The van der Waals surface area contributed by atoms with Gasteiger partial charge < -0.3 is 15.7 Å². The van der Waals surface area contributed by atoms with Crippen molar-refractivity contribution < 1.29 is 14.7 Å². The fraction of sp³-hybridized carbons (Fsp3) is 0.300. The lowest BCUT2D eigenvalue weighted by Gasteiger charge is -2.12. The summed E-state index contributed by atoms with van der Waals surface area (Å²) in [7, 11) is 0. The van der Waals surface area contributed by atoms with Gasteiger partial charge in [-0.3, -0.25) is 9.59 Å². The average molecular weight is 340 g/mol. The average Bonchev–Trinajstić information content (AvgIpc) is 2.60. The van der Waals surface area contributed by atoms with Gasteiger partial charge in [-0.1, -0.05) is 30.3 Å². The highest BCUT2D eigenvalue weighted by Gasteiger charge is 2.11. The van der Waals surface area contributed by atoms with Crippen LogP contribution in [-0.4, -0.2) is 35.6 Å². The predicted molar refractivity (Wildman–Crippen MR) is 97.5 cm³/mol. The number of nitrogens with one attached hydrogen (secondary N) is 2. The lowest BCUT2D eigenvalue weighted by atomic mass is 10.1. The largest absolute Gasteiger partial charge is 0.391 e. The molecular formula is C20H24N2O3. The third-order valence-electron chi connectivity index (χ3n) is 3.64. The van der Waals surface area contributed by atoms with Crippen molar-refractivity contribution >= 4 is 11.8 Å². The van der Waals surface area contributed by atoms with E-state index in [0.29, 0.717) is 17.5 Å². The van der Waals surface area contributed by atoms with E-state index in [0.717, 1.165) is 5.56 Å². The number of aliphatic hydroxyl groups excluding tert-OH is 1. The van der Waals surface area contributed by atoms with Crippen LogP contribution in [0.1, 0.15) is 40.1 Å². The van der Waals surface area contributed by atoms with Crippen LogP contribution in [0.2, 0.25) is 0 Å². The van der Waals surface area contributed by atoms with Crippen molar-refractivity contribution in [3.8, 4) is 0 Å². The van der Waals surface area contributed by atoms with Crippen molar-refractivity contribution in [2.75, 3.05) is 6.54 Å². The van der Waals surface area contributed by atoms with E-state index in [9.17, 15) is 14.7 Å². The van der Waals surface area contributed by atoms with E-state index in [1.807, 2.05) is 44.2 Å². The lowest BCUT2D eigenvalue weighted by molar-refractivity contribution is 0.0912. The molecule has 0 saturated carbocycles. The van der Waals surface area contributed by atoms with Crippen LogP contribution in [0.3, 0.4) is 0 Å². The van der Waals surface area contributed by atoms with Crippen LogP contribution in [0.25, 0.3) is 0 Å². The number of carbonyl (C=O) groups is 2. The number of benzene rings is 2. The van der Waals surface area contributed by atoms with Crippen molar-refractivity contribution in [1.82, 2.24) is 10.6 Å². The molecule has 2 aromatic carbocycles. The van der Waals surface area contributed by atoms with Crippen LogP contribution >= 0.6 is 0 Å². The van der Waals surface area contributed by atoms with Gasteiger partial charge >= 0.3 is 0 Å². The van der Waals surface area contributed by atoms with Gasteiger partial charge in [0.15, 0.2) is 0 Å². The molecule has 2 rings (SSSR count). The highest BCUT2D eigenvalue weighted by atomic mass is 16.3. The van der Waals surface area contributed by atoms with Gasteiger partial charge in [-0.25, -0.2) is 0 Å². The maximum Gasteiger partial charge on any atom is 0.251 e. The molecule has 3 N–H and O–H groups in total. The van der Waals surface area contributed by atoms with Gasteiger partial charge in [-0.05, 0) is 43.7 Å². The molecule has 2 amide bonds. The smallest absolute Gasteiger partial charge is 0.251 e. The Morgan fingerprint density at radius 2 is 1.48 bits per heavy atom. The summed E-state index contributed by atoms with van der Waals surface area (Å²) >= 11 is 0. The van der Waals surface area contributed by atoms with E-state index in [-0.39, 0.29) is 24.4 Å². The first-order valence-corrected chi connectivity index (χ1v) is 8.37. The number of rotatable bonds is 7. The Morgan fingerprint density at radius 3 is 2.04 bits per heavy atom. The van der Waals surface area contributed by atoms with E-state index in [2.05, 4.69) is 10.6 Å². The zero-order chi connectivity index (χ0) is 18.2. The summed E-state index contributed by atoms with van der Waals surface area (Å²) in [5, 5.41) is 15.5. The Bertz CT molecular complexity index is 697. The Balaban J connectivity index is 1.85. The minimum atomic E-state index is -0.651. The predicted octanol–water partition coefficient (Wildman–Crippen LogP) is 2.16. The molecule has 0 bridgehead atoms. The summed E-state index contributed by atoms with van der Waals surface area (Å²) in [5.41, 5.74) is 1.98. The first kappa shape index (κ1) is 18.7. The Labute approximate surface area is 148 Å². The summed E-state index contributed by atoms with van der Waals surface area (Å²) in [6.45, 7) is 3.95. The highest BCUT2D eigenvalue weighted by Crippen LogP contribution is 2.06. The van der Waals surface area contributed by atoms with Gasteiger partial charge in [-0.2, -0.15) is 0 Å². The van der Waals surface area contributed by atoms with Crippen LogP contribution in [0, 0.1) is 0 Å². The van der Waals surface area contributed by atoms with Gasteiger partial charge in [0.25, 0.3) is 11.8 Å². The SMILES string of the molecule is CC(C)NC(=O)c1ccc(C(=O)NCC(O)Cc2ccccc2)cc1. The fourth-order valence-electron chi connectivity index (χ4n) is 2.39. The monoisotopic (exact) mass is 340 g/mol. The second-order valence-electron chi connectivity index (χ2n) is 6.26. The Hall–Kier alpha value is -2.66. The van der Waals surface area contributed by atoms with E-state index >= 15 is 0 Å². The topological polar surface area (TPSA) is 78.4 Å². The molecule has 0 aliphatic carbocycles. The lowest BCUT2D eigenvalue weighted by Crippen LogP contribution is -2.33. The Morgan fingerprint density at radius 1 is 0.920 bits per heavy atom. The summed E-state index contributed by atoms with van der Waals surface area (Å²) in [6, 6.07) is 16.1. The summed E-state index contributed by atoms with van der Waals surface area (Å²) in [4.78, 5) is 24.0. The van der Waals surface area contributed by atoms with Crippen LogP contribution in [0.4, 0.5) is 0 Å². The normalized spacial score (nSPS) is 11.8. The quantitative estimate of drug-likeness (QED) is 0.723. The molecule has 0 radical (unpaired) electrons. The van der Waals surface area contributed by atoms with Crippen LogP contribution < -0.4 is 10.6 Å². The molecule has 132 valence electrons. The van der Waals surface area contributed by atoms with Crippen LogP contribution in [-0.2, 0) is 6.42 Å². The second-order valence-corrected chi connectivity index (χ2v) is 6.26. The number of amides is 2. The molecule has 0 aromatic heterocycles. The molecule has 0 aliphatic heterocycles. The molecule has 1 atom stereocenters. The van der Waals surface area contributed by atoms with E-state index < -0.39 is 6.10 Å². The summed E-state index contributed by atoms with van der Waals surface area (Å²) in [6.07, 6.45) is -0.169. The number of aliphatic hydroxyl groups is 1. The second kappa shape index (κ2) is 8.99. The zero-order valence-corrected chi connectivity index (χ0v) is 14.5. The molecule has 5 heteroatoms. The maximum atomic E-state index is 12.1. The minimum absolute atomic E-state index is 0.0570. The fourth-order valence-corrected chi connectivity index (χ4v) is 2.39. The first-order valence-electron chi connectivity index (χ1n) is 8.37. The minimum Gasteiger partial charge on any atom is -0.391 e. The molecule has 0 aliphatic rings. The number of hydrogen-bond acceptors (Lipinski definition) is 3. The third-order valence-corrected chi connectivity index (χ3v) is 3.64. The van der Waals surface area contributed by atoms with E-state index in [1.165, 1.54) is 0 Å². The van der Waals surface area contributed by atoms with Gasteiger partial charge in [0, 0.05) is 30.1 Å². The number of hydrogen-bond donors (Lipinski definition) is 3. The standard InChI is InChI=1S/C20H24N2O3/c1-14(2)22-20(25)17-10-8-16(9-11-17)19(24)21-13-18(23)12-15-6-4-3-5-7-15/h3-11,14,18,23H,12-13H2,1-2H3,(H,21,24)(H,22,25). The third kappa shape index (κ3) is 6.04. The molecule has 0 fully saturated rings. The zero-order valence-electron chi connectivity index (χ0n) is 14.5. The van der Waals surface area contributed by atoms with E-state index in [1.54, 1.807) is 24.3 Å². The van der Waals surface area contributed by atoms with Gasteiger partial charge in [0.1, 0.15) is 0 Å². The molecule has 1 unspecified atom stereocenters. The van der Waals surface area contributed by atoms with E-state index in [4.69, 9.17) is 0 Å². The highest BCUT2D eigenvalue weighted by molar-refractivity contribution is 5.97. The molecule has 0 spiro atoms. The van der Waals surface area contributed by atoms with Crippen molar-refractivity contribution in [2.24, 2.45) is 0 Å². The van der Waals surface area contributed by atoms with Gasteiger partial charge in [0.05, 0.1) is 6.10 Å². The summed E-state index contributed by atoms with van der Waals surface area (Å²) < 4.78 is 0. The van der Waals surface area contributed by atoms with Crippen molar-refractivity contribution in [1.29, 1.82) is 0 Å². The first-order chi connectivity index (χ1) is 12.0. The molecule has 5 nitrogen and oxygen atoms in total. The summed E-state index contributed by atoms with van der Waals surface area (Å²) in [5.74, 6) is -0.442. The van der Waals surface area contributed by atoms with Crippen LogP contribution in [0.15, 0.2) is 54.6 Å². The van der Waals surface area contributed by atoms with Gasteiger partial charge in [0.2, 0.25) is 0 Å². The molecule has 2 aromatic rings. The van der Waals surface area contributed by atoms with Crippen LogP contribution in [0.5, 0.6) is 0 Å². The van der Waals surface area contributed by atoms with Crippen molar-refractivity contribution in [3.63, 3.8) is 0 Å². The van der Waals surface area contributed by atoms with Gasteiger partial charge in [-0.15, -0.1) is 0 Å². The molecule has 0 saturated heterocycles. The van der Waals surface area contributed by atoms with Crippen molar-refractivity contribution in [2.45, 2.75) is 32.4 Å². The number of carbonyl (C=O) groups excluding carboxylic acids is 2. The maximum absolute atomic E-state index is 12.1. The Kier molecular flexibility index (Phi) is 6.71.